The van der Waals surface area contributed by atoms with E-state index in [-0.39, 0.29) is 36.1 Å². The van der Waals surface area contributed by atoms with Crippen LogP contribution in [0, 0.1) is 5.92 Å². The van der Waals surface area contributed by atoms with Crippen molar-refractivity contribution in [1.29, 1.82) is 0 Å². The summed E-state index contributed by atoms with van der Waals surface area (Å²) in [6.45, 7) is 6.56. The average molecular weight is 407 g/mol. The maximum Gasteiger partial charge on any atom is 0.293 e. The van der Waals surface area contributed by atoms with Crippen LogP contribution in [0.1, 0.15) is 32.8 Å². The summed E-state index contributed by atoms with van der Waals surface area (Å²) in [5.74, 6) is 0.645. The third-order valence-corrected chi connectivity index (χ3v) is 5.26. The van der Waals surface area contributed by atoms with Crippen LogP contribution in [0.5, 0.6) is 11.5 Å². The van der Waals surface area contributed by atoms with Crippen LogP contribution in [0.25, 0.3) is 6.08 Å². The maximum atomic E-state index is 12.6. The number of ether oxygens (including phenoxy) is 2. The van der Waals surface area contributed by atoms with E-state index in [9.17, 15) is 14.4 Å². The van der Waals surface area contributed by atoms with E-state index >= 15 is 0 Å². The highest BCUT2D eigenvalue weighted by Crippen LogP contribution is 2.34. The van der Waals surface area contributed by atoms with Crippen molar-refractivity contribution in [2.24, 2.45) is 5.92 Å². The number of thioether (sulfide) groups is 1. The Kier molecular flexibility index (Phi) is 7.92. The minimum absolute atomic E-state index is 0.0773. The topological polar surface area (TPSA) is 84.9 Å². The minimum Gasteiger partial charge on any atom is -0.493 e. The molecule has 1 aliphatic heterocycles. The largest absolute Gasteiger partial charge is 0.493 e. The Morgan fingerprint density at radius 1 is 1.29 bits per heavy atom. The Balaban J connectivity index is 2.05. The van der Waals surface area contributed by atoms with Crippen molar-refractivity contribution in [3.05, 3.63) is 28.7 Å². The number of methoxy groups -OCH3 is 1. The van der Waals surface area contributed by atoms with Gasteiger partial charge in [0.15, 0.2) is 11.5 Å². The van der Waals surface area contributed by atoms with Crippen molar-refractivity contribution in [1.82, 2.24) is 10.2 Å². The van der Waals surface area contributed by atoms with E-state index in [1.807, 2.05) is 20.8 Å². The van der Waals surface area contributed by atoms with Crippen molar-refractivity contribution < 1.29 is 23.9 Å². The Morgan fingerprint density at radius 2 is 2.04 bits per heavy atom. The zero-order chi connectivity index (χ0) is 20.7. The van der Waals surface area contributed by atoms with Crippen LogP contribution in [-0.4, -0.2) is 48.8 Å². The Labute approximate surface area is 169 Å². The third-order valence-electron chi connectivity index (χ3n) is 4.35. The number of hydrogen-bond acceptors (Lipinski definition) is 6. The van der Waals surface area contributed by atoms with Gasteiger partial charge in [0.2, 0.25) is 5.91 Å². The van der Waals surface area contributed by atoms with Gasteiger partial charge in [-0.3, -0.25) is 19.3 Å². The molecule has 0 aromatic heterocycles. The highest BCUT2D eigenvalue weighted by Gasteiger charge is 2.34. The molecule has 0 saturated carbocycles. The first-order chi connectivity index (χ1) is 13.4. The van der Waals surface area contributed by atoms with E-state index < -0.39 is 0 Å². The summed E-state index contributed by atoms with van der Waals surface area (Å²) in [6, 6.07) is 5.32. The second kappa shape index (κ2) is 10.2. The van der Waals surface area contributed by atoms with Gasteiger partial charge >= 0.3 is 0 Å². The molecule has 1 atom stereocenters. The molecule has 0 radical (unpaired) electrons. The fourth-order valence-corrected chi connectivity index (χ4v) is 3.41. The molecule has 8 heteroatoms. The predicted molar refractivity (Wildman–Crippen MR) is 109 cm³/mol. The second-order valence-electron chi connectivity index (χ2n) is 6.28. The number of amides is 3. The number of benzene rings is 1. The smallest absolute Gasteiger partial charge is 0.293 e. The minimum atomic E-state index is -0.361. The van der Waals surface area contributed by atoms with E-state index in [1.165, 1.54) is 0 Å². The fourth-order valence-electron chi connectivity index (χ4n) is 2.54. The normalized spacial score (nSPS) is 16.4. The summed E-state index contributed by atoms with van der Waals surface area (Å²) < 4.78 is 10.8. The predicted octanol–water partition coefficient (Wildman–Crippen LogP) is 3.29. The van der Waals surface area contributed by atoms with Gasteiger partial charge in [0.1, 0.15) is 0 Å². The van der Waals surface area contributed by atoms with E-state index in [4.69, 9.17) is 9.47 Å². The van der Waals surface area contributed by atoms with Crippen molar-refractivity contribution in [3.63, 3.8) is 0 Å². The summed E-state index contributed by atoms with van der Waals surface area (Å²) in [4.78, 5) is 38.0. The summed E-state index contributed by atoms with van der Waals surface area (Å²) >= 11 is 0.888. The van der Waals surface area contributed by atoms with Gasteiger partial charge in [0, 0.05) is 19.0 Å². The van der Waals surface area contributed by atoms with Gasteiger partial charge in [-0.1, -0.05) is 19.9 Å². The maximum absolute atomic E-state index is 12.6. The van der Waals surface area contributed by atoms with Gasteiger partial charge in [-0.15, -0.1) is 0 Å². The lowest BCUT2D eigenvalue weighted by molar-refractivity contribution is -0.126. The van der Waals surface area contributed by atoms with Crippen LogP contribution in [0.3, 0.4) is 0 Å². The lowest BCUT2D eigenvalue weighted by atomic mass is 10.1. The molecule has 1 saturated heterocycles. The Morgan fingerprint density at radius 3 is 2.68 bits per heavy atom. The van der Waals surface area contributed by atoms with Crippen LogP contribution in [-0.2, 0) is 9.59 Å². The Hall–Kier alpha value is -2.48. The fraction of sp³-hybridized carbons (Fsp3) is 0.450. The molecule has 1 N–H and O–H groups in total. The molecule has 0 bridgehead atoms. The zero-order valence-corrected chi connectivity index (χ0v) is 17.4. The molecule has 3 amide bonds. The number of hydrogen-bond donors (Lipinski definition) is 1. The molecule has 0 spiro atoms. The summed E-state index contributed by atoms with van der Waals surface area (Å²) in [5, 5.41) is 2.41. The van der Waals surface area contributed by atoms with Crippen LogP contribution in [0.15, 0.2) is 23.1 Å². The zero-order valence-electron chi connectivity index (χ0n) is 16.6. The molecule has 1 fully saturated rings. The van der Waals surface area contributed by atoms with E-state index in [1.54, 1.807) is 31.4 Å². The van der Waals surface area contributed by atoms with Gasteiger partial charge in [-0.05, 0) is 48.9 Å². The molecule has 7 nitrogen and oxygen atoms in total. The quantitative estimate of drug-likeness (QED) is 0.634. The first kappa shape index (κ1) is 21.8. The molecule has 0 aliphatic carbocycles. The van der Waals surface area contributed by atoms with Gasteiger partial charge in [0.05, 0.1) is 18.6 Å². The molecular formula is C20H26N2O5S. The van der Waals surface area contributed by atoms with Crippen LogP contribution >= 0.6 is 11.8 Å². The summed E-state index contributed by atoms with van der Waals surface area (Å²) in [7, 11) is 1.54. The van der Waals surface area contributed by atoms with E-state index in [0.29, 0.717) is 23.0 Å². The number of nitrogens with one attached hydrogen (secondary N) is 1. The Bertz CT molecular complexity index is 778. The highest BCUT2D eigenvalue weighted by molar-refractivity contribution is 8.18. The number of nitrogens with zero attached hydrogens (tertiary/aromatic N) is 1. The molecule has 2 rings (SSSR count). The molecule has 152 valence electrons. The standard InChI is InChI=1S/C20H26N2O5S/c1-5-13(3)18(23)21-9-10-22-19(24)17(28-20(22)25)12-14-7-8-15(27-6-2)16(11-14)26-4/h7-8,11-13H,5-6,9-10H2,1-4H3,(H,21,23)/b17-12+/t13-/m0/s1. The van der Waals surface area contributed by atoms with Crippen LogP contribution in [0.2, 0.25) is 0 Å². The molecule has 1 aromatic carbocycles. The third kappa shape index (κ3) is 5.28. The van der Waals surface area contributed by atoms with Crippen LogP contribution in [0.4, 0.5) is 4.79 Å². The second-order valence-corrected chi connectivity index (χ2v) is 7.27. The van der Waals surface area contributed by atoms with Gasteiger partial charge < -0.3 is 14.8 Å². The molecule has 28 heavy (non-hydrogen) atoms. The number of carbonyl (C=O) groups excluding carboxylic acids is 3. The van der Waals surface area contributed by atoms with Crippen molar-refractivity contribution in [3.8, 4) is 11.5 Å². The average Bonchev–Trinajstić information content (AvgIpc) is 2.95. The first-order valence-corrected chi connectivity index (χ1v) is 10.1. The van der Waals surface area contributed by atoms with E-state index in [0.717, 1.165) is 28.6 Å². The lowest BCUT2D eigenvalue weighted by Crippen LogP contribution is -2.38. The van der Waals surface area contributed by atoms with Crippen LogP contribution < -0.4 is 14.8 Å². The first-order valence-electron chi connectivity index (χ1n) is 9.25. The summed E-state index contributed by atoms with van der Waals surface area (Å²) in [5.41, 5.74) is 0.732. The van der Waals surface area contributed by atoms with Crippen molar-refractivity contribution >= 4 is 34.9 Å². The molecule has 0 unspecified atom stereocenters. The van der Waals surface area contributed by atoms with Gasteiger partial charge in [0.25, 0.3) is 11.1 Å². The summed E-state index contributed by atoms with van der Waals surface area (Å²) in [6.07, 6.45) is 2.39. The number of rotatable bonds is 9. The highest BCUT2D eigenvalue weighted by atomic mass is 32.2. The van der Waals surface area contributed by atoms with Gasteiger partial charge in [-0.25, -0.2) is 0 Å². The number of carbonyl (C=O) groups is 3. The van der Waals surface area contributed by atoms with Crippen molar-refractivity contribution in [2.75, 3.05) is 26.8 Å². The molecular weight excluding hydrogens is 380 g/mol. The lowest BCUT2D eigenvalue weighted by Gasteiger charge is -2.14. The monoisotopic (exact) mass is 406 g/mol. The molecule has 1 aromatic rings. The molecule has 1 aliphatic rings. The van der Waals surface area contributed by atoms with Gasteiger partial charge in [-0.2, -0.15) is 0 Å². The van der Waals surface area contributed by atoms with E-state index in [2.05, 4.69) is 5.32 Å². The SMILES string of the molecule is CCOc1ccc(/C=C2/SC(=O)N(CCNC(=O)[C@@H](C)CC)C2=O)cc1OC. The molecule has 1 heterocycles. The number of imide groups is 1. The van der Waals surface area contributed by atoms with Crippen molar-refractivity contribution in [2.45, 2.75) is 27.2 Å².